The van der Waals surface area contributed by atoms with E-state index in [9.17, 15) is 0 Å². The Hall–Kier alpha value is -0.400. The fraction of sp³-hybridized carbons (Fsp3) is 0. The summed E-state index contributed by atoms with van der Waals surface area (Å²) in [6.07, 6.45) is 0. The zero-order chi connectivity index (χ0) is 9.46. The molecule has 0 radical (unpaired) electrons. The molecule has 0 spiro atoms. The smallest absolute Gasteiger partial charge is 0.134 e. The van der Waals surface area contributed by atoms with Gasteiger partial charge in [-0.2, -0.15) is 0 Å². The van der Waals surface area contributed by atoms with Gasteiger partial charge in [-0.25, -0.2) is 0 Å². The molecule has 0 heterocycles. The lowest BCUT2D eigenvalue weighted by atomic mass is 10.3. The summed E-state index contributed by atoms with van der Waals surface area (Å²) in [5.41, 5.74) is 0. The maximum atomic E-state index is 9.07. The minimum absolute atomic E-state index is 0.220. The maximum Gasteiger partial charge on any atom is 0.134 e. The molecule has 0 atom stereocenters. The average molecular weight is 166 g/mol. The number of hydrogen-bond acceptors (Lipinski definition) is 1. The lowest BCUT2D eigenvalue weighted by Gasteiger charge is -1.93. The molecule has 1 rings (SSSR count). The van der Waals surface area contributed by atoms with E-state index in [2.05, 4.69) is 0 Å². The highest BCUT2D eigenvalue weighted by Crippen LogP contribution is 2.25. The highest BCUT2D eigenvalue weighted by atomic mass is 35.5. The number of phenols is 1. The van der Waals surface area contributed by atoms with E-state index in [1.807, 2.05) is 0 Å². The fourth-order valence-electron chi connectivity index (χ4n) is 0.356. The van der Waals surface area contributed by atoms with Gasteiger partial charge in [-0.05, 0) is 18.1 Å². The van der Waals surface area contributed by atoms with Crippen LogP contribution in [0.15, 0.2) is 18.1 Å². The summed E-state index contributed by atoms with van der Waals surface area (Å²) in [6, 6.07) is -1.17. The Morgan fingerprint density at radius 2 is 2.11 bits per heavy atom. The molecule has 48 valence electrons. The second kappa shape index (κ2) is 2.46. The van der Waals surface area contributed by atoms with Crippen molar-refractivity contribution in [1.82, 2.24) is 0 Å². The Kier molecular flexibility index (Phi) is 1.01. The summed E-state index contributed by atoms with van der Waals surface area (Å²) in [5, 5.41) is 8.56. The van der Waals surface area contributed by atoms with E-state index in [4.69, 9.17) is 32.4 Å². The molecular weight excluding hydrogens is 159 g/mol. The Morgan fingerprint density at radius 1 is 1.44 bits per heavy atom. The van der Waals surface area contributed by atoms with Gasteiger partial charge in [0, 0.05) is 5.02 Å². The Morgan fingerprint density at radius 3 is 2.78 bits per heavy atom. The molecule has 1 aromatic rings. The molecule has 0 aliphatic carbocycles. The topological polar surface area (TPSA) is 20.2 Å². The van der Waals surface area contributed by atoms with E-state index in [0.717, 1.165) is 0 Å². The van der Waals surface area contributed by atoms with Crippen molar-refractivity contribution in [3.8, 4) is 5.75 Å². The van der Waals surface area contributed by atoms with Crippen molar-refractivity contribution in [2.24, 2.45) is 0 Å². The van der Waals surface area contributed by atoms with Crippen LogP contribution in [-0.4, -0.2) is 5.11 Å². The summed E-state index contributed by atoms with van der Waals surface area (Å²) in [5.74, 6) is -0.573. The molecule has 0 saturated heterocycles. The van der Waals surface area contributed by atoms with E-state index in [1.54, 1.807) is 0 Å². The molecule has 1 aromatic carbocycles. The number of rotatable bonds is 0. The minimum Gasteiger partial charge on any atom is -0.506 e. The second-order valence-corrected chi connectivity index (χ2v) is 2.11. The fourth-order valence-corrected chi connectivity index (χ4v) is 0.688. The van der Waals surface area contributed by atoms with Crippen LogP contribution in [0.2, 0.25) is 10.0 Å². The van der Waals surface area contributed by atoms with Gasteiger partial charge in [0.15, 0.2) is 0 Å². The lowest BCUT2D eigenvalue weighted by molar-refractivity contribution is 0.475. The first-order valence-electron chi connectivity index (χ1n) is 3.60. The molecule has 0 aliphatic rings. The lowest BCUT2D eigenvalue weighted by Crippen LogP contribution is -1.66. The number of benzene rings is 1. The maximum absolute atomic E-state index is 9.07. The summed E-state index contributed by atoms with van der Waals surface area (Å²) in [6.45, 7) is 0. The largest absolute Gasteiger partial charge is 0.506 e. The molecule has 0 unspecified atom stereocenters. The average Bonchev–Trinajstić information content (AvgIpc) is 2.08. The number of hydrogen-bond donors (Lipinski definition) is 1. The van der Waals surface area contributed by atoms with Crippen molar-refractivity contribution >= 4 is 23.2 Å². The van der Waals surface area contributed by atoms with Gasteiger partial charge in [0.25, 0.3) is 0 Å². The highest BCUT2D eigenvalue weighted by molar-refractivity contribution is 6.35. The van der Waals surface area contributed by atoms with E-state index >= 15 is 0 Å². The number of phenolic OH excluding ortho intramolecular Hbond substituents is 1. The monoisotopic (exact) mass is 165 g/mol. The summed E-state index contributed by atoms with van der Waals surface area (Å²) in [4.78, 5) is 0. The van der Waals surface area contributed by atoms with Crippen LogP contribution in [0.3, 0.4) is 0 Å². The highest BCUT2D eigenvalue weighted by Gasteiger charge is 1.95. The third-order valence-electron chi connectivity index (χ3n) is 0.718. The van der Waals surface area contributed by atoms with Crippen LogP contribution in [0, 0.1) is 0 Å². The molecule has 0 saturated carbocycles. The Bertz CT molecular complexity index is 235. The Labute approximate surface area is 67.0 Å². The first-order valence-corrected chi connectivity index (χ1v) is 2.86. The van der Waals surface area contributed by atoms with Crippen molar-refractivity contribution in [3.05, 3.63) is 28.2 Å². The van der Waals surface area contributed by atoms with Gasteiger partial charge in [0.05, 0.1) is 9.13 Å². The van der Waals surface area contributed by atoms with Crippen LogP contribution < -0.4 is 0 Å². The van der Waals surface area contributed by atoms with E-state index < -0.39 is 11.8 Å². The molecule has 0 fully saturated rings. The SMILES string of the molecule is [2H]c1c([2H])c(Cl)c([2H])c(Cl)c1O. The van der Waals surface area contributed by atoms with Crippen molar-refractivity contribution in [3.63, 3.8) is 0 Å². The van der Waals surface area contributed by atoms with Crippen LogP contribution in [0.5, 0.6) is 5.75 Å². The third-order valence-corrected chi connectivity index (χ3v) is 1.18. The quantitative estimate of drug-likeness (QED) is 0.628. The van der Waals surface area contributed by atoms with Crippen LogP contribution in [0.4, 0.5) is 0 Å². The van der Waals surface area contributed by atoms with Crippen molar-refractivity contribution < 1.29 is 9.22 Å². The van der Waals surface area contributed by atoms with Gasteiger partial charge < -0.3 is 5.11 Å². The molecule has 0 aliphatic heterocycles. The predicted octanol–water partition coefficient (Wildman–Crippen LogP) is 2.70. The second-order valence-electron chi connectivity index (χ2n) is 1.35. The van der Waals surface area contributed by atoms with Crippen LogP contribution in [-0.2, 0) is 0 Å². The normalized spacial score (nSPS) is 14.2. The van der Waals surface area contributed by atoms with Crippen molar-refractivity contribution in [2.45, 2.75) is 0 Å². The zero-order valence-corrected chi connectivity index (χ0v) is 5.72. The van der Waals surface area contributed by atoms with Gasteiger partial charge in [-0.15, -0.1) is 0 Å². The first-order chi connectivity index (χ1) is 5.46. The standard InChI is InChI=1S/C6H4Cl2O/c7-4-1-2-6(9)5(8)3-4/h1-3,9H/i1D,2D,3D. The molecule has 0 bridgehead atoms. The first kappa shape index (κ1) is 3.69. The molecule has 1 nitrogen and oxygen atoms in total. The molecule has 0 aromatic heterocycles. The third kappa shape index (κ3) is 1.50. The molecule has 3 heteroatoms. The van der Waals surface area contributed by atoms with E-state index in [-0.39, 0.29) is 22.1 Å². The van der Waals surface area contributed by atoms with Gasteiger partial charge in [0.2, 0.25) is 0 Å². The summed E-state index contributed by atoms with van der Waals surface area (Å²) >= 11 is 10.9. The van der Waals surface area contributed by atoms with Gasteiger partial charge in [-0.3, -0.25) is 0 Å². The van der Waals surface area contributed by atoms with Crippen LogP contribution >= 0.6 is 23.2 Å². The van der Waals surface area contributed by atoms with Crippen molar-refractivity contribution in [1.29, 1.82) is 0 Å². The van der Waals surface area contributed by atoms with Crippen molar-refractivity contribution in [2.75, 3.05) is 0 Å². The zero-order valence-electron chi connectivity index (χ0n) is 7.20. The Balaban J connectivity index is 3.60. The molecule has 9 heavy (non-hydrogen) atoms. The summed E-state index contributed by atoms with van der Waals surface area (Å²) in [7, 11) is 0. The number of halogens is 2. The van der Waals surface area contributed by atoms with Gasteiger partial charge in [0.1, 0.15) is 5.75 Å². The van der Waals surface area contributed by atoms with Crippen LogP contribution in [0.1, 0.15) is 4.11 Å². The number of aromatic hydroxyl groups is 1. The predicted molar refractivity (Wildman–Crippen MR) is 38.1 cm³/mol. The minimum atomic E-state index is -0.573. The molecule has 0 amide bonds. The van der Waals surface area contributed by atoms with E-state index in [0.29, 0.717) is 0 Å². The molecule has 1 N–H and O–H groups in total. The van der Waals surface area contributed by atoms with Gasteiger partial charge in [-0.1, -0.05) is 23.2 Å². The summed E-state index contributed by atoms with van der Waals surface area (Å²) < 4.78 is 21.5. The van der Waals surface area contributed by atoms with Crippen LogP contribution in [0.25, 0.3) is 0 Å². The van der Waals surface area contributed by atoms with Gasteiger partial charge >= 0.3 is 0 Å². The van der Waals surface area contributed by atoms with E-state index in [1.165, 1.54) is 0 Å². The molecular formula is C6H4Cl2O.